The summed E-state index contributed by atoms with van der Waals surface area (Å²) in [5.41, 5.74) is 0. The number of fused-ring (bicyclic) bond motifs is 1. The van der Waals surface area contributed by atoms with Gasteiger partial charge in [0, 0.05) is 35.4 Å². The number of rotatable bonds is 5. The number of hydrogen-bond donors (Lipinski definition) is 0. The van der Waals surface area contributed by atoms with E-state index in [4.69, 9.17) is 8.83 Å². The molecule has 3 aromatic rings. The maximum Gasteiger partial charge on any atom is 0.283 e. The lowest BCUT2D eigenvalue weighted by atomic mass is 10.1. The fraction of sp³-hybridized carbons (Fsp3) is 0.474. The van der Waals surface area contributed by atoms with Gasteiger partial charge in [-0.3, -0.25) is 9.80 Å². The molecule has 0 saturated carbocycles. The molecule has 2 fully saturated rings. The zero-order valence-corrected chi connectivity index (χ0v) is 15.6. The van der Waals surface area contributed by atoms with Gasteiger partial charge >= 0.3 is 0 Å². The fourth-order valence-electron chi connectivity index (χ4n) is 4.24. The molecule has 0 aliphatic carbocycles. The highest BCUT2D eigenvalue weighted by molar-refractivity contribution is 7.11. The van der Waals surface area contributed by atoms with E-state index in [1.165, 1.54) is 22.7 Å². The second-order valence-corrected chi connectivity index (χ2v) is 8.64. The van der Waals surface area contributed by atoms with E-state index < -0.39 is 0 Å². The van der Waals surface area contributed by atoms with Crippen LogP contribution in [0.2, 0.25) is 0 Å². The predicted octanol–water partition coefficient (Wildman–Crippen LogP) is 3.41. The molecule has 2 aliphatic heterocycles. The van der Waals surface area contributed by atoms with Gasteiger partial charge in [0.1, 0.15) is 0 Å². The quantitative estimate of drug-likeness (QED) is 0.686. The molecule has 2 atom stereocenters. The summed E-state index contributed by atoms with van der Waals surface area (Å²) in [6, 6.07) is 8.80. The van der Waals surface area contributed by atoms with Gasteiger partial charge in [-0.1, -0.05) is 0 Å². The highest BCUT2D eigenvalue weighted by Crippen LogP contribution is 2.34. The Morgan fingerprint density at radius 3 is 2.96 bits per heavy atom. The van der Waals surface area contributed by atoms with Crippen molar-refractivity contribution in [2.75, 3.05) is 19.6 Å². The highest BCUT2D eigenvalue weighted by atomic mass is 32.1. The molecule has 2 saturated heterocycles. The van der Waals surface area contributed by atoms with Crippen LogP contribution in [-0.2, 0) is 13.1 Å². The first-order valence-corrected chi connectivity index (χ1v) is 9.94. The van der Waals surface area contributed by atoms with Gasteiger partial charge in [0.05, 0.1) is 12.8 Å². The lowest BCUT2D eigenvalue weighted by Crippen LogP contribution is -2.34. The highest BCUT2D eigenvalue weighted by Gasteiger charge is 2.41. The SMILES string of the molecule is Cc1ccc(CN2CC[C@@H]3CN(Cc4nnc(-c5ccco5)o4)C[C@@H]32)s1. The summed E-state index contributed by atoms with van der Waals surface area (Å²) in [4.78, 5) is 7.97. The molecule has 0 N–H and O–H groups in total. The van der Waals surface area contributed by atoms with Crippen molar-refractivity contribution in [2.45, 2.75) is 32.5 Å². The van der Waals surface area contributed by atoms with E-state index in [0.717, 1.165) is 25.6 Å². The normalized spacial score (nSPS) is 23.7. The van der Waals surface area contributed by atoms with E-state index in [-0.39, 0.29) is 0 Å². The number of likely N-dealkylation sites (tertiary alicyclic amines) is 2. The van der Waals surface area contributed by atoms with Crippen LogP contribution in [-0.4, -0.2) is 45.7 Å². The Morgan fingerprint density at radius 1 is 1.19 bits per heavy atom. The van der Waals surface area contributed by atoms with Gasteiger partial charge in [-0.2, -0.15) is 0 Å². The Kier molecular flexibility index (Phi) is 4.15. The van der Waals surface area contributed by atoms with E-state index in [2.05, 4.69) is 39.1 Å². The number of nitrogens with zero attached hydrogens (tertiary/aromatic N) is 4. The molecule has 0 spiro atoms. The zero-order chi connectivity index (χ0) is 17.5. The van der Waals surface area contributed by atoms with Gasteiger partial charge in [-0.05, 0) is 50.1 Å². The summed E-state index contributed by atoms with van der Waals surface area (Å²) in [5, 5.41) is 8.29. The van der Waals surface area contributed by atoms with E-state index >= 15 is 0 Å². The van der Waals surface area contributed by atoms with Crippen molar-refractivity contribution in [3.8, 4) is 11.7 Å². The first-order chi connectivity index (χ1) is 12.7. The molecule has 6 nitrogen and oxygen atoms in total. The second-order valence-electron chi connectivity index (χ2n) is 7.27. The molecule has 5 rings (SSSR count). The van der Waals surface area contributed by atoms with Crippen molar-refractivity contribution in [3.05, 3.63) is 46.2 Å². The van der Waals surface area contributed by atoms with Crippen molar-refractivity contribution >= 4 is 11.3 Å². The summed E-state index contributed by atoms with van der Waals surface area (Å²) >= 11 is 1.92. The van der Waals surface area contributed by atoms with Crippen LogP contribution in [0.25, 0.3) is 11.7 Å². The largest absolute Gasteiger partial charge is 0.459 e. The third kappa shape index (κ3) is 3.11. The molecule has 2 aliphatic rings. The maximum absolute atomic E-state index is 5.77. The molecule has 0 bridgehead atoms. The van der Waals surface area contributed by atoms with Crippen molar-refractivity contribution in [1.82, 2.24) is 20.0 Å². The second kappa shape index (κ2) is 6.64. The fourth-order valence-corrected chi connectivity index (χ4v) is 5.16. The third-order valence-electron chi connectivity index (χ3n) is 5.45. The molecule has 3 aromatic heterocycles. The van der Waals surface area contributed by atoms with Gasteiger partial charge in [0.25, 0.3) is 5.89 Å². The van der Waals surface area contributed by atoms with Gasteiger partial charge in [0.15, 0.2) is 5.76 Å². The van der Waals surface area contributed by atoms with Gasteiger partial charge in [-0.25, -0.2) is 0 Å². The number of thiophene rings is 1. The van der Waals surface area contributed by atoms with Gasteiger partial charge in [-0.15, -0.1) is 21.5 Å². The molecule has 0 radical (unpaired) electrons. The Morgan fingerprint density at radius 2 is 2.15 bits per heavy atom. The molecular weight excluding hydrogens is 348 g/mol. The first kappa shape index (κ1) is 16.2. The average molecular weight is 370 g/mol. The number of furan rings is 1. The molecule has 0 amide bonds. The summed E-state index contributed by atoms with van der Waals surface area (Å²) < 4.78 is 11.1. The molecule has 5 heterocycles. The Bertz CT molecular complexity index is 872. The number of aryl methyl sites for hydroxylation is 1. The van der Waals surface area contributed by atoms with Crippen molar-refractivity contribution in [2.24, 2.45) is 5.92 Å². The smallest absolute Gasteiger partial charge is 0.283 e. The van der Waals surface area contributed by atoms with Crippen molar-refractivity contribution < 1.29 is 8.83 Å². The summed E-state index contributed by atoms with van der Waals surface area (Å²) in [7, 11) is 0. The van der Waals surface area contributed by atoms with Crippen molar-refractivity contribution in [3.63, 3.8) is 0 Å². The third-order valence-corrected chi connectivity index (χ3v) is 6.44. The van der Waals surface area contributed by atoms with Crippen LogP contribution in [0.3, 0.4) is 0 Å². The van der Waals surface area contributed by atoms with E-state index in [1.54, 1.807) is 6.26 Å². The van der Waals surface area contributed by atoms with Crippen molar-refractivity contribution in [1.29, 1.82) is 0 Å². The number of aromatic nitrogens is 2. The topological polar surface area (TPSA) is 58.5 Å². The first-order valence-electron chi connectivity index (χ1n) is 9.12. The molecule has 7 heteroatoms. The van der Waals surface area contributed by atoms with Crippen LogP contribution in [0.1, 0.15) is 22.1 Å². The van der Waals surface area contributed by atoms with Crippen LogP contribution in [0, 0.1) is 12.8 Å². The molecule has 136 valence electrons. The molecule has 0 unspecified atom stereocenters. The van der Waals surface area contributed by atoms with E-state index in [1.807, 2.05) is 23.5 Å². The minimum Gasteiger partial charge on any atom is -0.459 e. The Balaban J connectivity index is 1.22. The predicted molar refractivity (Wildman–Crippen MR) is 98.6 cm³/mol. The average Bonchev–Trinajstić information content (AvgIpc) is 3.39. The molecular formula is C19H22N4O2S. The van der Waals surface area contributed by atoms with Crippen LogP contribution >= 0.6 is 11.3 Å². The van der Waals surface area contributed by atoms with E-state index in [9.17, 15) is 0 Å². The van der Waals surface area contributed by atoms with Gasteiger partial charge < -0.3 is 8.83 Å². The maximum atomic E-state index is 5.77. The molecule has 26 heavy (non-hydrogen) atoms. The lowest BCUT2D eigenvalue weighted by Gasteiger charge is -2.23. The van der Waals surface area contributed by atoms with Crippen LogP contribution in [0.4, 0.5) is 0 Å². The van der Waals surface area contributed by atoms with E-state index in [0.29, 0.717) is 30.1 Å². The standard InChI is InChI=1S/C19H22N4O2S/c1-13-4-5-15(26-13)10-23-7-6-14-9-22(11-16(14)23)12-18-20-21-19(25-18)17-3-2-8-24-17/h2-5,8,14,16H,6-7,9-12H2,1H3/t14-,16+/m1/s1. The minimum absolute atomic E-state index is 0.457. The molecule has 0 aromatic carbocycles. The van der Waals surface area contributed by atoms with Crippen LogP contribution in [0.15, 0.2) is 39.4 Å². The van der Waals surface area contributed by atoms with Crippen LogP contribution < -0.4 is 0 Å². The Labute approximate surface area is 156 Å². The lowest BCUT2D eigenvalue weighted by molar-refractivity contribution is 0.209. The minimum atomic E-state index is 0.457. The monoisotopic (exact) mass is 370 g/mol. The summed E-state index contributed by atoms with van der Waals surface area (Å²) in [5.74, 6) is 2.50. The van der Waals surface area contributed by atoms with Gasteiger partial charge in [0.2, 0.25) is 5.89 Å². The summed E-state index contributed by atoms with van der Waals surface area (Å²) in [6.07, 6.45) is 2.90. The summed E-state index contributed by atoms with van der Waals surface area (Å²) in [6.45, 7) is 7.38. The van der Waals surface area contributed by atoms with Crippen LogP contribution in [0.5, 0.6) is 0 Å². The Hall–Kier alpha value is -1.96. The zero-order valence-electron chi connectivity index (χ0n) is 14.8. The number of hydrogen-bond acceptors (Lipinski definition) is 7.